The number of rotatable bonds is 7. The molecular formula is C25H32N6O2. The summed E-state index contributed by atoms with van der Waals surface area (Å²) in [7, 11) is 0. The van der Waals surface area contributed by atoms with E-state index in [-0.39, 0.29) is 6.03 Å². The second-order valence-electron chi connectivity index (χ2n) is 8.76. The van der Waals surface area contributed by atoms with Gasteiger partial charge in [-0.2, -0.15) is 0 Å². The van der Waals surface area contributed by atoms with Gasteiger partial charge >= 0.3 is 6.03 Å². The first-order chi connectivity index (χ1) is 16.2. The predicted octanol–water partition coefficient (Wildman–Crippen LogP) is 3.29. The average Bonchev–Trinajstić information content (AvgIpc) is 3.53. The Morgan fingerprint density at radius 3 is 2.70 bits per heavy atom. The highest BCUT2D eigenvalue weighted by molar-refractivity contribution is 5.92. The van der Waals surface area contributed by atoms with Crippen molar-refractivity contribution < 1.29 is 9.53 Å². The topological polar surface area (TPSA) is 74.7 Å². The lowest BCUT2D eigenvalue weighted by atomic mass is 10.2. The number of amides is 2. The summed E-state index contributed by atoms with van der Waals surface area (Å²) in [5.74, 6) is 0.996. The molecule has 4 heterocycles. The van der Waals surface area contributed by atoms with Crippen molar-refractivity contribution >= 4 is 28.4 Å². The maximum Gasteiger partial charge on any atom is 0.319 e. The maximum atomic E-state index is 12.5. The third-order valence-electron chi connectivity index (χ3n) is 6.48. The zero-order valence-electron chi connectivity index (χ0n) is 19.0. The lowest BCUT2D eigenvalue weighted by molar-refractivity contribution is 0.0365. The van der Waals surface area contributed by atoms with Crippen LogP contribution in [0.4, 0.5) is 16.3 Å². The molecular weight excluding hydrogens is 416 g/mol. The fraction of sp³-hybridized carbons (Fsp3) is 0.440. The van der Waals surface area contributed by atoms with Gasteiger partial charge in [0.25, 0.3) is 0 Å². The summed E-state index contributed by atoms with van der Waals surface area (Å²) in [6, 6.07) is 12.0. The maximum absolute atomic E-state index is 12.5. The third-order valence-corrected chi connectivity index (χ3v) is 6.48. The lowest BCUT2D eigenvalue weighted by Crippen LogP contribution is -2.38. The van der Waals surface area contributed by atoms with Crippen molar-refractivity contribution in [1.82, 2.24) is 19.8 Å². The van der Waals surface area contributed by atoms with Crippen molar-refractivity contribution in [1.29, 1.82) is 0 Å². The Morgan fingerprint density at radius 1 is 1.00 bits per heavy atom. The highest BCUT2D eigenvalue weighted by Crippen LogP contribution is 2.21. The summed E-state index contributed by atoms with van der Waals surface area (Å²) < 4.78 is 7.70. The molecule has 33 heavy (non-hydrogen) atoms. The van der Waals surface area contributed by atoms with E-state index in [2.05, 4.69) is 54.4 Å². The van der Waals surface area contributed by atoms with Gasteiger partial charge < -0.3 is 24.8 Å². The van der Waals surface area contributed by atoms with Gasteiger partial charge in [0.1, 0.15) is 5.82 Å². The number of ether oxygens (including phenoxy) is 1. The predicted molar refractivity (Wildman–Crippen MR) is 131 cm³/mol. The van der Waals surface area contributed by atoms with Gasteiger partial charge in [0.2, 0.25) is 0 Å². The molecule has 0 aliphatic carbocycles. The number of benzene rings is 1. The Bertz CT molecular complexity index is 1090. The van der Waals surface area contributed by atoms with E-state index in [0.717, 1.165) is 74.9 Å². The number of anilines is 2. The van der Waals surface area contributed by atoms with Crippen LogP contribution in [0.1, 0.15) is 18.4 Å². The molecule has 0 saturated carbocycles. The van der Waals surface area contributed by atoms with Crippen LogP contribution >= 0.6 is 0 Å². The first-order valence-corrected chi connectivity index (χ1v) is 11.9. The molecule has 2 fully saturated rings. The Balaban J connectivity index is 1.14. The summed E-state index contributed by atoms with van der Waals surface area (Å²) in [5.41, 5.74) is 3.02. The summed E-state index contributed by atoms with van der Waals surface area (Å²) in [6.07, 6.45) is 6.37. The van der Waals surface area contributed by atoms with E-state index in [1.165, 1.54) is 18.4 Å². The lowest BCUT2D eigenvalue weighted by Gasteiger charge is -2.26. The molecule has 0 spiro atoms. The highest BCUT2D eigenvalue weighted by Gasteiger charge is 2.14. The standard InChI is InChI=1S/C25H32N6O2/c32-25(27-19-20-5-7-26-24(17-20)31-8-1-2-9-31)28-22-3-4-23-21(18-22)6-10-30(23)12-11-29-13-15-33-16-14-29/h3-7,10,17-18H,1-2,8-9,11-16,19H2,(H2,27,28,32). The quantitative estimate of drug-likeness (QED) is 0.580. The van der Waals surface area contributed by atoms with Gasteiger partial charge in [-0.3, -0.25) is 4.90 Å². The minimum atomic E-state index is -0.208. The van der Waals surface area contributed by atoms with Gasteiger partial charge in [-0.05, 0) is 54.8 Å². The Kier molecular flexibility index (Phi) is 6.73. The highest BCUT2D eigenvalue weighted by atomic mass is 16.5. The average molecular weight is 449 g/mol. The Hall–Kier alpha value is -3.10. The molecule has 1 aromatic carbocycles. The van der Waals surface area contributed by atoms with Crippen LogP contribution in [0.25, 0.3) is 10.9 Å². The fourth-order valence-corrected chi connectivity index (χ4v) is 4.59. The molecule has 174 valence electrons. The molecule has 0 unspecified atom stereocenters. The number of carbonyl (C=O) groups excluding carboxylic acids is 1. The van der Waals surface area contributed by atoms with Crippen molar-refractivity contribution in [2.75, 3.05) is 56.2 Å². The molecule has 5 rings (SSSR count). The van der Waals surface area contributed by atoms with E-state index in [4.69, 9.17) is 4.74 Å². The molecule has 2 aliphatic heterocycles. The van der Waals surface area contributed by atoms with Crippen LogP contribution < -0.4 is 15.5 Å². The Labute approximate surface area is 194 Å². The second-order valence-corrected chi connectivity index (χ2v) is 8.76. The minimum Gasteiger partial charge on any atom is -0.379 e. The van der Waals surface area contributed by atoms with Crippen LogP contribution in [0.5, 0.6) is 0 Å². The van der Waals surface area contributed by atoms with Gasteiger partial charge in [-0.15, -0.1) is 0 Å². The molecule has 2 aliphatic rings. The first kappa shape index (κ1) is 21.7. The Morgan fingerprint density at radius 2 is 1.85 bits per heavy atom. The monoisotopic (exact) mass is 448 g/mol. The number of urea groups is 1. The molecule has 0 bridgehead atoms. The number of nitrogens with one attached hydrogen (secondary N) is 2. The largest absolute Gasteiger partial charge is 0.379 e. The molecule has 2 N–H and O–H groups in total. The van der Waals surface area contributed by atoms with Gasteiger partial charge in [-0.25, -0.2) is 9.78 Å². The second kappa shape index (κ2) is 10.2. The summed E-state index contributed by atoms with van der Waals surface area (Å²) in [5, 5.41) is 7.04. The van der Waals surface area contributed by atoms with E-state index in [9.17, 15) is 4.79 Å². The van der Waals surface area contributed by atoms with E-state index in [1.807, 2.05) is 24.4 Å². The zero-order chi connectivity index (χ0) is 22.5. The van der Waals surface area contributed by atoms with E-state index < -0.39 is 0 Å². The normalized spacial score (nSPS) is 16.9. The number of nitrogens with zero attached hydrogens (tertiary/aromatic N) is 4. The third kappa shape index (κ3) is 5.46. The van der Waals surface area contributed by atoms with Crippen LogP contribution in [-0.4, -0.2) is 66.4 Å². The summed E-state index contributed by atoms with van der Waals surface area (Å²) >= 11 is 0. The molecule has 3 aromatic rings. The molecule has 8 nitrogen and oxygen atoms in total. The zero-order valence-corrected chi connectivity index (χ0v) is 19.0. The van der Waals surface area contributed by atoms with Crippen LogP contribution in [0, 0.1) is 0 Å². The van der Waals surface area contributed by atoms with Crippen molar-refractivity contribution in [3.63, 3.8) is 0 Å². The number of aromatic nitrogens is 2. The molecule has 2 amide bonds. The molecule has 8 heteroatoms. The van der Waals surface area contributed by atoms with Gasteiger partial charge in [-0.1, -0.05) is 0 Å². The summed E-state index contributed by atoms with van der Waals surface area (Å²) in [4.78, 5) is 21.7. The van der Waals surface area contributed by atoms with Crippen molar-refractivity contribution in [2.24, 2.45) is 0 Å². The van der Waals surface area contributed by atoms with Crippen molar-refractivity contribution in [3.05, 3.63) is 54.4 Å². The van der Waals surface area contributed by atoms with Gasteiger partial charge in [0.05, 0.1) is 13.2 Å². The van der Waals surface area contributed by atoms with Crippen LogP contribution in [-0.2, 0) is 17.8 Å². The molecule has 2 aromatic heterocycles. The SMILES string of the molecule is O=C(NCc1ccnc(N2CCCC2)c1)Nc1ccc2c(ccn2CCN2CCOCC2)c1. The van der Waals surface area contributed by atoms with Crippen molar-refractivity contribution in [2.45, 2.75) is 25.9 Å². The van der Waals surface area contributed by atoms with E-state index in [1.54, 1.807) is 0 Å². The van der Waals surface area contributed by atoms with Crippen LogP contribution in [0.2, 0.25) is 0 Å². The number of carbonyl (C=O) groups is 1. The molecule has 0 atom stereocenters. The first-order valence-electron chi connectivity index (χ1n) is 11.9. The molecule has 0 radical (unpaired) electrons. The smallest absolute Gasteiger partial charge is 0.319 e. The summed E-state index contributed by atoms with van der Waals surface area (Å²) in [6.45, 7) is 8.20. The minimum absolute atomic E-state index is 0.208. The molecule has 2 saturated heterocycles. The van der Waals surface area contributed by atoms with Crippen LogP contribution in [0.3, 0.4) is 0 Å². The van der Waals surface area contributed by atoms with Crippen LogP contribution in [0.15, 0.2) is 48.8 Å². The fourth-order valence-electron chi connectivity index (χ4n) is 4.59. The number of morpholine rings is 1. The van der Waals surface area contributed by atoms with Gasteiger partial charge in [0, 0.05) is 74.8 Å². The van der Waals surface area contributed by atoms with E-state index >= 15 is 0 Å². The van der Waals surface area contributed by atoms with Crippen molar-refractivity contribution in [3.8, 4) is 0 Å². The van der Waals surface area contributed by atoms with E-state index in [0.29, 0.717) is 6.54 Å². The number of fused-ring (bicyclic) bond motifs is 1. The number of hydrogen-bond acceptors (Lipinski definition) is 5. The number of hydrogen-bond donors (Lipinski definition) is 2. The number of pyridine rings is 1. The van der Waals surface area contributed by atoms with Gasteiger partial charge in [0.15, 0.2) is 0 Å².